The van der Waals surface area contributed by atoms with Crippen molar-refractivity contribution in [1.82, 2.24) is 9.80 Å². The lowest BCUT2D eigenvalue weighted by molar-refractivity contribution is -0.108. The summed E-state index contributed by atoms with van der Waals surface area (Å²) in [5.41, 5.74) is 10.5. The Bertz CT molecular complexity index is 1840. The minimum absolute atomic E-state index is 0.0304. The van der Waals surface area contributed by atoms with Crippen LogP contribution in [0.25, 0.3) is 0 Å². The maximum absolute atomic E-state index is 14.0. The number of halogens is 6. The van der Waals surface area contributed by atoms with Crippen LogP contribution in [-0.4, -0.2) is 200 Å². The van der Waals surface area contributed by atoms with Crippen LogP contribution in [0.15, 0.2) is 0 Å². The van der Waals surface area contributed by atoms with Gasteiger partial charge in [0.2, 0.25) is 12.8 Å². The number of aliphatic hydroxyl groups excluding tert-OH is 10. The van der Waals surface area contributed by atoms with Gasteiger partial charge in [0, 0.05) is 39.7 Å². The zero-order chi connectivity index (χ0) is 48.2. The summed E-state index contributed by atoms with van der Waals surface area (Å²) in [5.74, 6) is -3.79. The Kier molecular flexibility index (Phi) is 25.3. The van der Waals surface area contributed by atoms with Crippen LogP contribution in [-0.2, 0) is 9.59 Å². The predicted molar refractivity (Wildman–Crippen MR) is 274 cm³/mol. The van der Waals surface area contributed by atoms with Gasteiger partial charge in [0.05, 0.1) is 124 Å². The monoisotopic (exact) mass is 1570 g/mol. The van der Waals surface area contributed by atoms with E-state index in [1.165, 1.54) is 0 Å². The second-order valence-corrected chi connectivity index (χ2v) is 20.1. The Morgan fingerprint density at radius 2 is 0.698 bits per heavy atom. The number of carbonyl (C=O) groups excluding carboxylic acids is 6. The number of aliphatic hydroxyl groups is 10. The quantitative estimate of drug-likeness (QED) is 0.0344. The molecule has 2 aromatic carbocycles. The molecule has 0 fully saturated rings. The molecule has 0 heterocycles. The molecule has 0 radical (unpaired) electrons. The van der Waals surface area contributed by atoms with Crippen LogP contribution in [0.4, 0.5) is 11.4 Å². The molecule has 0 saturated carbocycles. The molecule has 22 nitrogen and oxygen atoms in total. The summed E-state index contributed by atoms with van der Waals surface area (Å²) in [5, 5.41) is 101. The van der Waals surface area contributed by atoms with Gasteiger partial charge < -0.3 is 82.1 Å². The van der Waals surface area contributed by atoms with Crippen molar-refractivity contribution in [3.8, 4) is 0 Å². The van der Waals surface area contributed by atoms with Crippen molar-refractivity contribution in [3.63, 3.8) is 0 Å². The predicted octanol–water partition coefficient (Wildman–Crippen LogP) is -2.45. The first-order chi connectivity index (χ1) is 29.5. The topological polar surface area (TPSA) is 370 Å². The molecule has 6 amide bonds. The number of primary amides is 2. The summed E-state index contributed by atoms with van der Waals surface area (Å²) in [4.78, 5) is 82.8. The molecule has 0 bridgehead atoms. The van der Waals surface area contributed by atoms with Gasteiger partial charge in [0.15, 0.2) is 0 Å². The first kappa shape index (κ1) is 58.4. The third-order valence-electron chi connectivity index (χ3n) is 8.84. The van der Waals surface area contributed by atoms with Crippen molar-refractivity contribution in [3.05, 3.63) is 43.7 Å². The summed E-state index contributed by atoms with van der Waals surface area (Å²) < 4.78 is 0.343. The number of carbonyl (C=O) groups is 6. The molecule has 2 aromatic rings. The highest BCUT2D eigenvalue weighted by Crippen LogP contribution is 2.40. The molecule has 6 unspecified atom stereocenters. The van der Waals surface area contributed by atoms with Gasteiger partial charge in [-0.15, -0.1) is 0 Å². The van der Waals surface area contributed by atoms with E-state index in [0.717, 1.165) is 19.6 Å². The lowest BCUT2D eigenvalue weighted by Gasteiger charge is -2.31. The van der Waals surface area contributed by atoms with E-state index in [9.17, 15) is 79.8 Å². The molecular weight excluding hydrogens is 1520 g/mol. The van der Waals surface area contributed by atoms with Crippen molar-refractivity contribution in [2.75, 3.05) is 75.5 Å². The zero-order valence-electron chi connectivity index (χ0n) is 32.5. The molecule has 28 heteroatoms. The molecule has 0 spiro atoms. The number of amides is 6. The number of benzene rings is 2. The van der Waals surface area contributed by atoms with Crippen LogP contribution < -0.4 is 21.3 Å². The fourth-order valence-corrected chi connectivity index (χ4v) is 15.5. The van der Waals surface area contributed by atoms with Gasteiger partial charge in [-0.3, -0.25) is 28.8 Å². The largest absolute Gasteiger partial charge is 0.394 e. The van der Waals surface area contributed by atoms with Gasteiger partial charge in [-0.1, -0.05) is 0 Å². The smallest absolute Gasteiger partial charge is 0.256 e. The average Bonchev–Trinajstić information content (AvgIpc) is 3.21. The number of rotatable bonds is 26. The van der Waals surface area contributed by atoms with Crippen LogP contribution in [0.2, 0.25) is 0 Å². The Balaban J connectivity index is 2.62. The Labute approximate surface area is 441 Å². The van der Waals surface area contributed by atoms with Gasteiger partial charge >= 0.3 is 0 Å². The van der Waals surface area contributed by atoms with Gasteiger partial charge in [0.25, 0.3) is 23.6 Å². The molecule has 2 rings (SSSR count). The molecule has 0 aliphatic heterocycles. The second kappa shape index (κ2) is 27.3. The van der Waals surface area contributed by atoms with Crippen molar-refractivity contribution in [1.29, 1.82) is 0 Å². The van der Waals surface area contributed by atoms with E-state index in [1.807, 2.05) is 0 Å². The molecular formula is C35H44I6N6O16. The van der Waals surface area contributed by atoms with Crippen molar-refractivity contribution >= 4 is 183 Å². The van der Waals surface area contributed by atoms with Gasteiger partial charge in [-0.25, -0.2) is 0 Å². The summed E-state index contributed by atoms with van der Waals surface area (Å²) in [6.07, 6.45) is -8.98. The number of hydrogen-bond donors (Lipinski definition) is 12. The fraction of sp³-hybridized carbons (Fsp3) is 0.486. The molecule has 6 atom stereocenters. The first-order valence-corrected chi connectivity index (χ1v) is 24.5. The molecule has 0 saturated heterocycles. The minimum atomic E-state index is -1.57. The lowest BCUT2D eigenvalue weighted by Crippen LogP contribution is -2.45. The third-order valence-corrected chi connectivity index (χ3v) is 15.2. The van der Waals surface area contributed by atoms with E-state index >= 15 is 0 Å². The maximum Gasteiger partial charge on any atom is 0.256 e. The first-order valence-electron chi connectivity index (χ1n) is 18.0. The molecule has 14 N–H and O–H groups in total. The molecule has 0 aromatic heterocycles. The van der Waals surface area contributed by atoms with Crippen LogP contribution in [0.1, 0.15) is 47.9 Å². The average molecular weight is 1570 g/mol. The lowest BCUT2D eigenvalue weighted by atomic mass is 10.0. The molecule has 63 heavy (non-hydrogen) atoms. The van der Waals surface area contributed by atoms with Crippen LogP contribution in [0, 0.1) is 21.4 Å². The van der Waals surface area contributed by atoms with Crippen molar-refractivity contribution < 1.29 is 79.8 Å². The standard InChI is InChI=1S/C35H44I6N6O16/c36-24-20(32(42)60)26(38)30(28(40)22(24)34(62)44(4-16(56)8-48)5-17(57)9-49)46(12-52)2-14(54)1-15(55)3-47(13-53)31-27(39)21(33(43)61)25(37)23(29(31)41)35(63)45(6-18(58)10-50)7-19(59)11-51/h12-19,48-51,54-59H,1-11H2,(H2,42,60)(H2,43,61). The Hall–Kier alpha value is -0.760. The van der Waals surface area contributed by atoms with Gasteiger partial charge in [0.1, 0.15) is 0 Å². The van der Waals surface area contributed by atoms with Crippen LogP contribution >= 0.6 is 136 Å². The van der Waals surface area contributed by atoms with Crippen molar-refractivity contribution in [2.24, 2.45) is 11.5 Å². The van der Waals surface area contributed by atoms with Crippen LogP contribution in [0.5, 0.6) is 0 Å². The van der Waals surface area contributed by atoms with E-state index in [0.29, 0.717) is 0 Å². The van der Waals surface area contributed by atoms with E-state index in [2.05, 4.69) is 0 Å². The summed E-state index contributed by atoms with van der Waals surface area (Å²) in [6.45, 7) is -6.26. The number of anilines is 2. The number of nitrogens with zero attached hydrogens (tertiary/aromatic N) is 4. The SMILES string of the molecule is NC(=O)c1c(I)c(C(=O)N(CC(O)CO)CC(O)CO)c(I)c(N(C=O)CC(O)CC(O)CN(C=O)c2c(I)c(C(N)=O)c(I)c(C(=O)N(CC(O)CO)CC(O)CO)c2I)c1I. The summed E-state index contributed by atoms with van der Waals surface area (Å²) >= 11 is 10.3. The Morgan fingerprint density at radius 3 is 0.921 bits per heavy atom. The highest BCUT2D eigenvalue weighted by Gasteiger charge is 2.35. The maximum atomic E-state index is 14.0. The number of hydrogen-bond acceptors (Lipinski definition) is 16. The molecule has 0 aliphatic rings. The van der Waals surface area contributed by atoms with Crippen molar-refractivity contribution in [2.45, 2.75) is 43.0 Å². The highest BCUT2D eigenvalue weighted by atomic mass is 127. The van der Waals surface area contributed by atoms with Gasteiger partial charge in [-0.05, 0) is 136 Å². The fourth-order valence-electron chi connectivity index (χ4n) is 5.95. The second-order valence-electron chi connectivity index (χ2n) is 13.6. The van der Waals surface area contributed by atoms with E-state index in [4.69, 9.17) is 11.5 Å². The molecule has 0 aliphatic carbocycles. The van der Waals surface area contributed by atoms with E-state index in [1.54, 1.807) is 136 Å². The van der Waals surface area contributed by atoms with Crippen LogP contribution in [0.3, 0.4) is 0 Å². The minimum Gasteiger partial charge on any atom is -0.394 e. The third kappa shape index (κ3) is 15.1. The van der Waals surface area contributed by atoms with E-state index < -0.39 is 132 Å². The Morgan fingerprint density at radius 1 is 0.444 bits per heavy atom. The zero-order valence-corrected chi connectivity index (χ0v) is 45.5. The molecule has 352 valence electrons. The van der Waals surface area contributed by atoms with E-state index in [-0.39, 0.29) is 67.9 Å². The summed E-state index contributed by atoms with van der Waals surface area (Å²) in [7, 11) is 0. The number of nitrogens with two attached hydrogens (primary N) is 2. The normalized spacial score (nSPS) is 14.2. The van der Waals surface area contributed by atoms with Gasteiger partial charge in [-0.2, -0.15) is 0 Å². The highest BCUT2D eigenvalue weighted by molar-refractivity contribution is 14.1. The summed E-state index contributed by atoms with van der Waals surface area (Å²) in [6, 6.07) is 0.